The van der Waals surface area contributed by atoms with Gasteiger partial charge in [-0.2, -0.15) is 10.2 Å². The second-order valence-electron chi connectivity index (χ2n) is 15.7. The predicted octanol–water partition coefficient (Wildman–Crippen LogP) is 8.39. The van der Waals surface area contributed by atoms with Crippen LogP contribution < -0.4 is 0 Å². The molecule has 0 amide bonds. The highest BCUT2D eigenvalue weighted by Crippen LogP contribution is 2.54. The lowest BCUT2D eigenvalue weighted by Crippen LogP contribution is -2.40. The van der Waals surface area contributed by atoms with Crippen LogP contribution >= 0.6 is 0 Å². The molecule has 0 radical (unpaired) electrons. The van der Waals surface area contributed by atoms with Crippen LogP contribution in [0, 0.1) is 0 Å². The van der Waals surface area contributed by atoms with Gasteiger partial charge in [0.25, 0.3) is 0 Å². The summed E-state index contributed by atoms with van der Waals surface area (Å²) < 4.78 is 0. The molecule has 41 heavy (non-hydrogen) atoms. The van der Waals surface area contributed by atoms with Crippen molar-refractivity contribution in [1.82, 2.24) is 20.4 Å². The molecule has 2 aromatic heterocycles. The Labute approximate surface area is 247 Å². The Bertz CT molecular complexity index is 1290. The number of aromatic amines is 2. The van der Waals surface area contributed by atoms with Crippen LogP contribution in [0.25, 0.3) is 0 Å². The molecule has 0 bridgehead atoms. The van der Waals surface area contributed by atoms with Gasteiger partial charge in [0, 0.05) is 44.2 Å². The summed E-state index contributed by atoms with van der Waals surface area (Å²) >= 11 is 0. The van der Waals surface area contributed by atoms with Gasteiger partial charge in [-0.05, 0) is 11.1 Å². The number of hydrogen-bond donors (Lipinski definition) is 3. The van der Waals surface area contributed by atoms with E-state index in [1.54, 1.807) is 0 Å². The molecular weight excluding hydrogens is 504 g/mol. The standard InChI is InChI=1S/C36H50N4O/c1-32(2,3)28-25(29(38-37-28)33(4,5)6)27(26-30(34(7,8)9)39-40-31(26)35(10,11)12)36(41,23-19-15-13-16-20-23)24-21-17-14-18-22-24/h13-22,27,41H,1-12H3,(H,37,38)(H,39,40). The highest BCUT2D eigenvalue weighted by Gasteiger charge is 2.50. The number of hydrogen-bond acceptors (Lipinski definition) is 3. The Kier molecular flexibility index (Phi) is 7.71. The summed E-state index contributed by atoms with van der Waals surface area (Å²) in [5.74, 6) is -0.517. The van der Waals surface area contributed by atoms with Gasteiger partial charge in [-0.15, -0.1) is 0 Å². The first kappa shape index (κ1) is 30.8. The van der Waals surface area contributed by atoms with Gasteiger partial charge in [0.15, 0.2) is 0 Å². The lowest BCUT2D eigenvalue weighted by atomic mass is 9.63. The van der Waals surface area contributed by atoms with Crippen LogP contribution in [-0.4, -0.2) is 25.5 Å². The number of benzene rings is 2. The number of H-pyrrole nitrogens is 2. The first-order valence-corrected chi connectivity index (χ1v) is 14.8. The Hall–Kier alpha value is -3.18. The van der Waals surface area contributed by atoms with Crippen LogP contribution in [0.4, 0.5) is 0 Å². The average Bonchev–Trinajstić information content (AvgIpc) is 3.51. The summed E-state index contributed by atoms with van der Waals surface area (Å²) in [5, 5.41) is 30.6. The summed E-state index contributed by atoms with van der Waals surface area (Å²) in [7, 11) is 0. The number of aromatic nitrogens is 4. The fourth-order valence-corrected chi connectivity index (χ4v) is 6.00. The Morgan fingerprint density at radius 1 is 0.512 bits per heavy atom. The zero-order chi connectivity index (χ0) is 30.6. The summed E-state index contributed by atoms with van der Waals surface area (Å²) in [6.07, 6.45) is 0. The van der Waals surface area contributed by atoms with Gasteiger partial charge in [0.1, 0.15) is 5.60 Å². The summed E-state index contributed by atoms with van der Waals surface area (Å²) in [6, 6.07) is 20.2. The molecule has 0 spiro atoms. The van der Waals surface area contributed by atoms with Gasteiger partial charge in [-0.1, -0.05) is 144 Å². The van der Waals surface area contributed by atoms with Crippen LogP contribution in [0.15, 0.2) is 60.7 Å². The van der Waals surface area contributed by atoms with Crippen LogP contribution in [0.5, 0.6) is 0 Å². The highest BCUT2D eigenvalue weighted by molar-refractivity contribution is 5.55. The lowest BCUT2D eigenvalue weighted by Gasteiger charge is -2.42. The molecule has 0 aliphatic rings. The second kappa shape index (κ2) is 10.3. The molecule has 0 saturated carbocycles. The zero-order valence-corrected chi connectivity index (χ0v) is 27.2. The van der Waals surface area contributed by atoms with Crippen molar-refractivity contribution >= 4 is 0 Å². The molecule has 5 nitrogen and oxygen atoms in total. The van der Waals surface area contributed by atoms with Gasteiger partial charge >= 0.3 is 0 Å². The SMILES string of the molecule is CC(C)(C)c1n[nH]c(C(C)(C)C)c1C(c1c(C(C)(C)C)n[nH]c1C(C)(C)C)C(O)(c1ccccc1)c1ccccc1. The second-order valence-corrected chi connectivity index (χ2v) is 15.7. The predicted molar refractivity (Wildman–Crippen MR) is 170 cm³/mol. The summed E-state index contributed by atoms with van der Waals surface area (Å²) in [4.78, 5) is 0. The van der Waals surface area contributed by atoms with Crippen molar-refractivity contribution in [3.05, 3.63) is 106 Å². The van der Waals surface area contributed by atoms with E-state index in [-0.39, 0.29) is 21.7 Å². The van der Waals surface area contributed by atoms with Gasteiger partial charge in [0.05, 0.1) is 17.3 Å². The number of nitrogens with one attached hydrogen (secondary N) is 2. The van der Waals surface area contributed by atoms with E-state index in [1.807, 2.05) is 60.7 Å². The lowest BCUT2D eigenvalue weighted by molar-refractivity contribution is 0.0604. The Morgan fingerprint density at radius 3 is 1.10 bits per heavy atom. The highest BCUT2D eigenvalue weighted by atomic mass is 16.3. The fraction of sp³-hybridized carbons (Fsp3) is 0.500. The molecule has 5 heteroatoms. The third-order valence-corrected chi connectivity index (χ3v) is 7.95. The largest absolute Gasteiger partial charge is 0.379 e. The Morgan fingerprint density at radius 2 is 0.829 bits per heavy atom. The van der Waals surface area contributed by atoms with Crippen LogP contribution in [0.2, 0.25) is 0 Å². The third kappa shape index (κ3) is 5.66. The first-order valence-electron chi connectivity index (χ1n) is 14.8. The van der Waals surface area contributed by atoms with Crippen molar-refractivity contribution in [2.75, 3.05) is 0 Å². The average molecular weight is 555 g/mol. The van der Waals surface area contributed by atoms with Gasteiger partial charge in [0.2, 0.25) is 0 Å². The van der Waals surface area contributed by atoms with E-state index in [0.717, 1.165) is 45.0 Å². The van der Waals surface area contributed by atoms with Crippen molar-refractivity contribution in [3.8, 4) is 0 Å². The van der Waals surface area contributed by atoms with E-state index in [4.69, 9.17) is 10.2 Å². The topological polar surface area (TPSA) is 77.6 Å². The van der Waals surface area contributed by atoms with Crippen molar-refractivity contribution in [2.24, 2.45) is 0 Å². The monoisotopic (exact) mass is 554 g/mol. The fourth-order valence-electron chi connectivity index (χ4n) is 6.00. The summed E-state index contributed by atoms with van der Waals surface area (Å²) in [6.45, 7) is 26.5. The normalized spacial score (nSPS) is 13.7. The maximum atomic E-state index is 13.6. The molecule has 0 aliphatic carbocycles. The maximum Gasteiger partial charge on any atom is 0.126 e. The first-order chi connectivity index (χ1) is 18.8. The number of aliphatic hydroxyl groups is 1. The van der Waals surface area contributed by atoms with E-state index in [2.05, 4.69) is 93.3 Å². The maximum absolute atomic E-state index is 13.6. The smallest absolute Gasteiger partial charge is 0.126 e. The van der Waals surface area contributed by atoms with E-state index < -0.39 is 11.5 Å². The quantitative estimate of drug-likeness (QED) is 0.232. The van der Waals surface area contributed by atoms with Crippen LogP contribution in [0.3, 0.4) is 0 Å². The van der Waals surface area contributed by atoms with Crippen molar-refractivity contribution in [1.29, 1.82) is 0 Å². The molecule has 3 N–H and O–H groups in total. The van der Waals surface area contributed by atoms with Gasteiger partial charge < -0.3 is 5.11 Å². The molecule has 0 fully saturated rings. The minimum Gasteiger partial charge on any atom is -0.379 e. The van der Waals surface area contributed by atoms with Crippen molar-refractivity contribution < 1.29 is 5.11 Å². The molecule has 0 unspecified atom stereocenters. The molecular formula is C36H50N4O. The third-order valence-electron chi connectivity index (χ3n) is 7.95. The van der Waals surface area contributed by atoms with Crippen molar-refractivity contribution in [3.63, 3.8) is 0 Å². The number of nitrogens with zero attached hydrogens (tertiary/aromatic N) is 2. The molecule has 0 atom stereocenters. The molecule has 4 aromatic rings. The Balaban J connectivity index is 2.32. The van der Waals surface area contributed by atoms with Crippen LogP contribution in [-0.2, 0) is 27.3 Å². The molecule has 0 saturated heterocycles. The zero-order valence-electron chi connectivity index (χ0n) is 27.2. The minimum atomic E-state index is -1.43. The van der Waals surface area contributed by atoms with E-state index in [9.17, 15) is 5.11 Å². The summed E-state index contributed by atoms with van der Waals surface area (Å²) in [5.41, 5.74) is 5.19. The van der Waals surface area contributed by atoms with E-state index in [0.29, 0.717) is 0 Å². The van der Waals surface area contributed by atoms with E-state index in [1.165, 1.54) is 0 Å². The van der Waals surface area contributed by atoms with E-state index >= 15 is 0 Å². The molecule has 220 valence electrons. The van der Waals surface area contributed by atoms with Gasteiger partial charge in [-0.3, -0.25) is 10.2 Å². The molecule has 2 heterocycles. The number of rotatable bonds is 5. The van der Waals surface area contributed by atoms with Gasteiger partial charge in [-0.25, -0.2) is 0 Å². The van der Waals surface area contributed by atoms with Crippen molar-refractivity contribution in [2.45, 2.75) is 116 Å². The minimum absolute atomic E-state index is 0.258. The molecule has 4 rings (SSSR count). The molecule has 0 aliphatic heterocycles. The molecule has 2 aromatic carbocycles. The van der Waals surface area contributed by atoms with Crippen LogP contribution in [0.1, 0.15) is 134 Å².